The fourth-order valence-electron chi connectivity index (χ4n) is 2.50. The lowest BCUT2D eigenvalue weighted by Gasteiger charge is -2.18. The van der Waals surface area contributed by atoms with Crippen molar-refractivity contribution >= 4 is 17.5 Å². The Balaban J connectivity index is 2.09. The van der Waals surface area contributed by atoms with Gasteiger partial charge in [0.25, 0.3) is 5.91 Å². The molecule has 0 bridgehead atoms. The van der Waals surface area contributed by atoms with Crippen molar-refractivity contribution in [2.24, 2.45) is 0 Å². The summed E-state index contributed by atoms with van der Waals surface area (Å²) in [6, 6.07) is 10.7. The Bertz CT molecular complexity index is 795. The van der Waals surface area contributed by atoms with E-state index < -0.39 is 0 Å². The quantitative estimate of drug-likeness (QED) is 0.864. The highest BCUT2D eigenvalue weighted by Gasteiger charge is 2.17. The van der Waals surface area contributed by atoms with Gasteiger partial charge in [0.2, 0.25) is 5.91 Å². The van der Waals surface area contributed by atoms with Crippen LogP contribution >= 0.6 is 0 Å². The Kier molecular flexibility index (Phi) is 6.22. The second-order valence-electron chi connectivity index (χ2n) is 6.13. The van der Waals surface area contributed by atoms with Crippen LogP contribution in [-0.2, 0) is 4.79 Å². The van der Waals surface area contributed by atoms with E-state index in [2.05, 4.69) is 5.32 Å². The van der Waals surface area contributed by atoms with Crippen molar-refractivity contribution in [2.45, 2.75) is 13.8 Å². The van der Waals surface area contributed by atoms with E-state index >= 15 is 0 Å². The molecule has 138 valence electrons. The van der Waals surface area contributed by atoms with Crippen molar-refractivity contribution in [2.75, 3.05) is 33.1 Å². The smallest absolute Gasteiger partial charge is 0.254 e. The number of ether oxygens (including phenoxy) is 2. The number of amides is 2. The fraction of sp³-hybridized carbons (Fsp3) is 0.300. The summed E-state index contributed by atoms with van der Waals surface area (Å²) in [5.74, 6) is 0.476. The third-order valence-corrected chi connectivity index (χ3v) is 3.99. The number of anilines is 1. The van der Waals surface area contributed by atoms with Crippen LogP contribution in [0.15, 0.2) is 36.4 Å². The molecule has 2 aromatic rings. The Morgan fingerprint density at radius 1 is 1.00 bits per heavy atom. The molecule has 0 aliphatic rings. The molecule has 0 aliphatic carbocycles. The third-order valence-electron chi connectivity index (χ3n) is 3.99. The van der Waals surface area contributed by atoms with Gasteiger partial charge in [-0.15, -0.1) is 0 Å². The number of methoxy groups -OCH3 is 2. The second-order valence-corrected chi connectivity index (χ2v) is 6.13. The van der Waals surface area contributed by atoms with Gasteiger partial charge in [0.1, 0.15) is 11.5 Å². The largest absolute Gasteiger partial charge is 0.497 e. The maximum absolute atomic E-state index is 12.6. The van der Waals surface area contributed by atoms with Crippen LogP contribution in [0.4, 0.5) is 5.69 Å². The molecule has 0 saturated carbocycles. The number of likely N-dealkylation sites (N-methyl/N-ethyl adjacent to an activating group) is 1. The Hall–Kier alpha value is -3.02. The van der Waals surface area contributed by atoms with E-state index in [0.717, 1.165) is 16.8 Å². The van der Waals surface area contributed by atoms with Crippen LogP contribution < -0.4 is 14.8 Å². The van der Waals surface area contributed by atoms with Gasteiger partial charge in [0.05, 0.1) is 20.8 Å². The lowest BCUT2D eigenvalue weighted by molar-refractivity contribution is -0.116. The van der Waals surface area contributed by atoms with Gasteiger partial charge in [0, 0.05) is 24.4 Å². The molecule has 2 amide bonds. The molecule has 0 aromatic heterocycles. The summed E-state index contributed by atoms with van der Waals surface area (Å²) in [6.07, 6.45) is 0. The van der Waals surface area contributed by atoms with Gasteiger partial charge in [-0.3, -0.25) is 9.59 Å². The fourth-order valence-corrected chi connectivity index (χ4v) is 2.50. The predicted molar refractivity (Wildman–Crippen MR) is 101 cm³/mol. The minimum Gasteiger partial charge on any atom is -0.497 e. The molecular formula is C20H24N2O4. The first-order valence-electron chi connectivity index (χ1n) is 8.19. The average molecular weight is 356 g/mol. The van der Waals surface area contributed by atoms with E-state index in [-0.39, 0.29) is 18.4 Å². The Morgan fingerprint density at radius 2 is 1.62 bits per heavy atom. The van der Waals surface area contributed by atoms with Crippen molar-refractivity contribution in [3.05, 3.63) is 53.1 Å². The minimum atomic E-state index is -0.293. The summed E-state index contributed by atoms with van der Waals surface area (Å²) in [4.78, 5) is 26.3. The molecule has 26 heavy (non-hydrogen) atoms. The van der Waals surface area contributed by atoms with Gasteiger partial charge in [0.15, 0.2) is 0 Å². The zero-order chi connectivity index (χ0) is 19.3. The molecule has 0 saturated heterocycles. The highest BCUT2D eigenvalue weighted by atomic mass is 16.5. The summed E-state index contributed by atoms with van der Waals surface area (Å²) < 4.78 is 10.4. The number of nitrogens with one attached hydrogen (secondary N) is 1. The van der Waals surface area contributed by atoms with E-state index in [4.69, 9.17) is 9.47 Å². The number of aryl methyl sites for hydroxylation is 2. The normalized spacial score (nSPS) is 10.2. The van der Waals surface area contributed by atoms with E-state index in [1.54, 1.807) is 25.2 Å². The van der Waals surface area contributed by atoms with Crippen LogP contribution in [-0.4, -0.2) is 44.5 Å². The molecule has 1 N–H and O–H groups in total. The number of hydrogen-bond donors (Lipinski definition) is 1. The van der Waals surface area contributed by atoms with Crippen LogP contribution in [0.5, 0.6) is 11.5 Å². The zero-order valence-electron chi connectivity index (χ0n) is 15.8. The zero-order valence-corrected chi connectivity index (χ0v) is 15.8. The molecule has 2 rings (SSSR count). The molecule has 6 heteroatoms. The van der Waals surface area contributed by atoms with Crippen molar-refractivity contribution < 1.29 is 19.1 Å². The Morgan fingerprint density at radius 3 is 2.19 bits per heavy atom. The number of rotatable bonds is 6. The highest BCUT2D eigenvalue weighted by Crippen LogP contribution is 2.23. The molecule has 0 unspecified atom stereocenters. The van der Waals surface area contributed by atoms with Crippen molar-refractivity contribution in [1.82, 2.24) is 4.90 Å². The van der Waals surface area contributed by atoms with Gasteiger partial charge in [-0.1, -0.05) is 12.1 Å². The van der Waals surface area contributed by atoms with E-state index in [9.17, 15) is 9.59 Å². The van der Waals surface area contributed by atoms with Gasteiger partial charge in [-0.2, -0.15) is 0 Å². The maximum Gasteiger partial charge on any atom is 0.254 e. The van der Waals surface area contributed by atoms with Gasteiger partial charge in [-0.05, 0) is 43.2 Å². The number of nitrogens with zero attached hydrogens (tertiary/aromatic N) is 1. The summed E-state index contributed by atoms with van der Waals surface area (Å²) >= 11 is 0. The molecule has 0 spiro atoms. The summed E-state index contributed by atoms with van der Waals surface area (Å²) in [7, 11) is 4.62. The number of carbonyl (C=O) groups is 2. The minimum absolute atomic E-state index is 0.0637. The maximum atomic E-state index is 12.6. The molecule has 6 nitrogen and oxygen atoms in total. The SMILES string of the molecule is COc1cc(OC)cc(C(=O)N(C)CC(=O)Nc2cc(C)ccc2C)c1. The third kappa shape index (κ3) is 4.75. The average Bonchev–Trinajstić information content (AvgIpc) is 2.63. The molecule has 0 radical (unpaired) electrons. The summed E-state index contributed by atoms with van der Waals surface area (Å²) in [6.45, 7) is 3.82. The number of hydrogen-bond acceptors (Lipinski definition) is 4. The van der Waals surface area contributed by atoms with Crippen molar-refractivity contribution in [3.8, 4) is 11.5 Å². The van der Waals surface area contributed by atoms with Crippen LogP contribution in [0.2, 0.25) is 0 Å². The van der Waals surface area contributed by atoms with Gasteiger partial charge in [-0.25, -0.2) is 0 Å². The first kappa shape index (κ1) is 19.3. The summed E-state index contributed by atoms with van der Waals surface area (Å²) in [5, 5.41) is 2.85. The molecule has 2 aromatic carbocycles. The monoisotopic (exact) mass is 356 g/mol. The van der Waals surface area contributed by atoms with E-state index in [1.165, 1.54) is 19.1 Å². The van der Waals surface area contributed by atoms with Crippen LogP contribution in [0, 0.1) is 13.8 Å². The van der Waals surface area contributed by atoms with Gasteiger partial charge < -0.3 is 19.7 Å². The lowest BCUT2D eigenvalue weighted by Crippen LogP contribution is -2.35. The highest BCUT2D eigenvalue weighted by molar-refractivity contribution is 5.99. The predicted octanol–water partition coefficient (Wildman–Crippen LogP) is 3.03. The van der Waals surface area contributed by atoms with Crippen LogP contribution in [0.25, 0.3) is 0 Å². The molecule has 0 fully saturated rings. The first-order valence-corrected chi connectivity index (χ1v) is 8.19. The first-order chi connectivity index (χ1) is 12.3. The van der Waals surface area contributed by atoms with E-state index in [0.29, 0.717) is 17.1 Å². The molecule has 0 heterocycles. The molecule has 0 atom stereocenters. The number of carbonyl (C=O) groups excluding carboxylic acids is 2. The standard InChI is InChI=1S/C20H24N2O4/c1-13-6-7-14(2)18(8-13)21-19(23)12-22(3)20(24)15-9-16(25-4)11-17(10-15)26-5/h6-11H,12H2,1-5H3,(H,21,23). The topological polar surface area (TPSA) is 67.9 Å². The Labute approximate surface area is 153 Å². The van der Waals surface area contributed by atoms with Crippen LogP contribution in [0.3, 0.4) is 0 Å². The number of benzene rings is 2. The van der Waals surface area contributed by atoms with E-state index in [1.807, 2.05) is 32.0 Å². The van der Waals surface area contributed by atoms with Gasteiger partial charge >= 0.3 is 0 Å². The van der Waals surface area contributed by atoms with Crippen molar-refractivity contribution in [3.63, 3.8) is 0 Å². The second kappa shape index (κ2) is 8.38. The molecule has 0 aliphatic heterocycles. The molecular weight excluding hydrogens is 332 g/mol. The van der Waals surface area contributed by atoms with Crippen molar-refractivity contribution in [1.29, 1.82) is 0 Å². The summed E-state index contributed by atoms with van der Waals surface area (Å²) in [5.41, 5.74) is 3.16. The lowest BCUT2D eigenvalue weighted by atomic mass is 10.1. The van der Waals surface area contributed by atoms with Crippen LogP contribution in [0.1, 0.15) is 21.5 Å².